The molecule has 0 aliphatic heterocycles. The molecule has 5 heteroatoms. The molecule has 1 fully saturated rings. The number of hydrogen-bond acceptors (Lipinski definition) is 4. The Bertz CT molecular complexity index is 450. The van der Waals surface area contributed by atoms with E-state index in [0.29, 0.717) is 11.8 Å². The number of hydrogen-bond donors (Lipinski definition) is 2. The van der Waals surface area contributed by atoms with Crippen molar-refractivity contribution < 1.29 is 9.53 Å². The Balaban J connectivity index is 1.72. The summed E-state index contributed by atoms with van der Waals surface area (Å²) >= 11 is 2.08. The van der Waals surface area contributed by atoms with E-state index in [4.69, 9.17) is 10.5 Å². The van der Waals surface area contributed by atoms with Gasteiger partial charge in [-0.15, -0.1) is 0 Å². The van der Waals surface area contributed by atoms with Gasteiger partial charge in [0.15, 0.2) is 6.61 Å². The lowest BCUT2D eigenvalue weighted by molar-refractivity contribution is -0.119. The standard InChI is InChI=1S/C16H24N2O2S/c1-2-21-15-8-5-13(9-15)18-10-12-3-6-14(7-4-12)20-11-16(17)19/h3-4,6-7,13,15,18H,2,5,8-11H2,1H3,(H2,17,19). The lowest BCUT2D eigenvalue weighted by Gasteiger charge is -2.13. The Hall–Kier alpha value is -1.20. The quantitative estimate of drug-likeness (QED) is 0.773. The number of amides is 1. The number of rotatable bonds is 8. The van der Waals surface area contributed by atoms with E-state index in [0.717, 1.165) is 11.8 Å². The molecule has 2 unspecified atom stereocenters. The highest BCUT2D eigenvalue weighted by atomic mass is 32.2. The molecule has 1 aliphatic rings. The van der Waals surface area contributed by atoms with Crippen LogP contribution in [0.2, 0.25) is 0 Å². The van der Waals surface area contributed by atoms with Crippen LogP contribution in [0.15, 0.2) is 24.3 Å². The predicted octanol–water partition coefficient (Wildman–Crippen LogP) is 2.31. The van der Waals surface area contributed by atoms with Crippen molar-refractivity contribution in [2.45, 2.75) is 44.0 Å². The van der Waals surface area contributed by atoms with Crippen LogP contribution in [0.5, 0.6) is 5.75 Å². The van der Waals surface area contributed by atoms with Crippen molar-refractivity contribution >= 4 is 17.7 Å². The molecule has 2 atom stereocenters. The van der Waals surface area contributed by atoms with E-state index in [9.17, 15) is 4.79 Å². The van der Waals surface area contributed by atoms with Crippen LogP contribution in [-0.2, 0) is 11.3 Å². The molecule has 0 saturated heterocycles. The Kier molecular flexibility index (Phi) is 6.39. The first-order valence-corrected chi connectivity index (χ1v) is 8.57. The number of nitrogens with two attached hydrogens (primary N) is 1. The van der Waals surface area contributed by atoms with Gasteiger partial charge in [-0.3, -0.25) is 4.79 Å². The predicted molar refractivity (Wildman–Crippen MR) is 87.5 cm³/mol. The Morgan fingerprint density at radius 2 is 2.14 bits per heavy atom. The van der Waals surface area contributed by atoms with Gasteiger partial charge < -0.3 is 15.8 Å². The van der Waals surface area contributed by atoms with Crippen LogP contribution in [0.25, 0.3) is 0 Å². The first kappa shape index (κ1) is 16.2. The van der Waals surface area contributed by atoms with Crippen molar-refractivity contribution in [3.8, 4) is 5.75 Å². The summed E-state index contributed by atoms with van der Waals surface area (Å²) in [4.78, 5) is 10.6. The molecule has 0 aromatic heterocycles. The largest absolute Gasteiger partial charge is 0.484 e. The molecule has 0 radical (unpaired) electrons. The second kappa shape index (κ2) is 8.29. The van der Waals surface area contributed by atoms with Gasteiger partial charge >= 0.3 is 0 Å². The second-order valence-electron chi connectivity index (χ2n) is 5.37. The molecule has 1 aromatic carbocycles. The van der Waals surface area contributed by atoms with Crippen LogP contribution in [-0.4, -0.2) is 29.6 Å². The van der Waals surface area contributed by atoms with Crippen LogP contribution in [0, 0.1) is 0 Å². The highest BCUT2D eigenvalue weighted by Gasteiger charge is 2.23. The Labute approximate surface area is 130 Å². The van der Waals surface area contributed by atoms with Crippen molar-refractivity contribution in [2.24, 2.45) is 5.73 Å². The lowest BCUT2D eigenvalue weighted by atomic mass is 10.2. The van der Waals surface area contributed by atoms with E-state index in [2.05, 4.69) is 24.0 Å². The highest BCUT2D eigenvalue weighted by molar-refractivity contribution is 7.99. The van der Waals surface area contributed by atoms with Gasteiger partial charge in [-0.25, -0.2) is 0 Å². The summed E-state index contributed by atoms with van der Waals surface area (Å²) in [6.07, 6.45) is 3.88. The number of carbonyl (C=O) groups is 1. The number of thioether (sulfide) groups is 1. The zero-order valence-corrected chi connectivity index (χ0v) is 13.3. The molecule has 4 nitrogen and oxygen atoms in total. The monoisotopic (exact) mass is 308 g/mol. The van der Waals surface area contributed by atoms with Crippen molar-refractivity contribution in [3.63, 3.8) is 0 Å². The SMILES string of the molecule is CCSC1CCC(NCc2ccc(OCC(N)=O)cc2)C1. The molecular formula is C16H24N2O2S. The summed E-state index contributed by atoms with van der Waals surface area (Å²) in [5.41, 5.74) is 6.27. The first-order chi connectivity index (χ1) is 10.2. The molecule has 1 amide bonds. The molecule has 2 rings (SSSR count). The van der Waals surface area contributed by atoms with Crippen LogP contribution < -0.4 is 15.8 Å². The highest BCUT2D eigenvalue weighted by Crippen LogP contribution is 2.29. The minimum Gasteiger partial charge on any atom is -0.484 e. The summed E-state index contributed by atoms with van der Waals surface area (Å²) < 4.78 is 5.24. The summed E-state index contributed by atoms with van der Waals surface area (Å²) in [5.74, 6) is 1.43. The summed E-state index contributed by atoms with van der Waals surface area (Å²) in [6, 6.07) is 8.45. The molecule has 21 heavy (non-hydrogen) atoms. The van der Waals surface area contributed by atoms with Gasteiger partial charge in [0.05, 0.1) is 0 Å². The van der Waals surface area contributed by atoms with Gasteiger partial charge in [-0.2, -0.15) is 11.8 Å². The van der Waals surface area contributed by atoms with Crippen molar-refractivity contribution in [1.82, 2.24) is 5.32 Å². The molecule has 0 heterocycles. The van der Waals surface area contributed by atoms with Gasteiger partial charge in [0.2, 0.25) is 0 Å². The molecule has 3 N–H and O–H groups in total. The molecule has 1 aliphatic carbocycles. The number of ether oxygens (including phenoxy) is 1. The Morgan fingerprint density at radius 1 is 1.38 bits per heavy atom. The summed E-state index contributed by atoms with van der Waals surface area (Å²) in [6.45, 7) is 3.04. The maximum atomic E-state index is 10.6. The Morgan fingerprint density at radius 3 is 2.81 bits per heavy atom. The van der Waals surface area contributed by atoms with E-state index < -0.39 is 5.91 Å². The average molecular weight is 308 g/mol. The molecule has 0 bridgehead atoms. The topological polar surface area (TPSA) is 64.3 Å². The summed E-state index contributed by atoms with van der Waals surface area (Å²) in [5, 5.41) is 4.46. The zero-order valence-electron chi connectivity index (χ0n) is 12.5. The van der Waals surface area contributed by atoms with Gasteiger partial charge in [0.25, 0.3) is 5.91 Å². The van der Waals surface area contributed by atoms with Crippen LogP contribution in [0.1, 0.15) is 31.7 Å². The fraction of sp³-hybridized carbons (Fsp3) is 0.562. The number of carbonyl (C=O) groups excluding carboxylic acids is 1. The number of benzene rings is 1. The minimum atomic E-state index is -0.457. The fourth-order valence-electron chi connectivity index (χ4n) is 2.63. The first-order valence-electron chi connectivity index (χ1n) is 7.52. The smallest absolute Gasteiger partial charge is 0.255 e. The summed E-state index contributed by atoms with van der Waals surface area (Å²) in [7, 11) is 0. The van der Waals surface area contributed by atoms with E-state index in [1.807, 2.05) is 24.3 Å². The van der Waals surface area contributed by atoms with E-state index in [-0.39, 0.29) is 6.61 Å². The van der Waals surface area contributed by atoms with Crippen molar-refractivity contribution in [2.75, 3.05) is 12.4 Å². The molecule has 1 aromatic rings. The lowest BCUT2D eigenvalue weighted by Crippen LogP contribution is -2.26. The van der Waals surface area contributed by atoms with E-state index in [1.54, 1.807) is 0 Å². The maximum Gasteiger partial charge on any atom is 0.255 e. The third-order valence-electron chi connectivity index (χ3n) is 3.69. The average Bonchev–Trinajstić information content (AvgIpc) is 2.92. The fourth-order valence-corrected chi connectivity index (χ4v) is 3.78. The maximum absolute atomic E-state index is 10.6. The normalized spacial score (nSPS) is 21.4. The van der Waals surface area contributed by atoms with E-state index in [1.165, 1.54) is 30.6 Å². The molecule has 116 valence electrons. The van der Waals surface area contributed by atoms with E-state index >= 15 is 0 Å². The van der Waals surface area contributed by atoms with Crippen LogP contribution in [0.4, 0.5) is 0 Å². The zero-order chi connectivity index (χ0) is 15.1. The van der Waals surface area contributed by atoms with Crippen LogP contribution in [0.3, 0.4) is 0 Å². The van der Waals surface area contributed by atoms with Crippen molar-refractivity contribution in [1.29, 1.82) is 0 Å². The molecule has 1 saturated carbocycles. The van der Waals surface area contributed by atoms with Crippen LogP contribution >= 0.6 is 11.8 Å². The number of primary amides is 1. The third kappa shape index (κ3) is 5.59. The molecule has 0 spiro atoms. The van der Waals surface area contributed by atoms with Gasteiger partial charge in [0, 0.05) is 17.8 Å². The molecular weight excluding hydrogens is 284 g/mol. The van der Waals surface area contributed by atoms with Gasteiger partial charge in [-0.05, 0) is 42.7 Å². The van der Waals surface area contributed by atoms with Gasteiger partial charge in [0.1, 0.15) is 5.75 Å². The van der Waals surface area contributed by atoms with Crippen molar-refractivity contribution in [3.05, 3.63) is 29.8 Å². The number of nitrogens with one attached hydrogen (secondary N) is 1. The van der Waals surface area contributed by atoms with Gasteiger partial charge in [-0.1, -0.05) is 19.1 Å². The third-order valence-corrected chi connectivity index (χ3v) is 4.92. The second-order valence-corrected chi connectivity index (χ2v) is 6.94. The minimum absolute atomic E-state index is 0.0733.